The Labute approximate surface area is 119 Å². The van der Waals surface area contributed by atoms with Crippen LogP contribution in [0.4, 0.5) is 0 Å². The number of benzene rings is 1. The van der Waals surface area contributed by atoms with Gasteiger partial charge in [-0.3, -0.25) is 4.79 Å². The molecule has 20 heavy (non-hydrogen) atoms. The number of ether oxygens (including phenoxy) is 1. The smallest absolute Gasteiger partial charge is 0.227 e. The minimum Gasteiger partial charge on any atom is -0.453 e. The minimum atomic E-state index is -0.492. The molecule has 0 saturated carbocycles. The van der Waals surface area contributed by atoms with Crippen molar-refractivity contribution in [2.24, 2.45) is 5.41 Å². The van der Waals surface area contributed by atoms with Crippen LogP contribution in [-0.2, 0) is 4.74 Å². The van der Waals surface area contributed by atoms with Crippen LogP contribution < -0.4 is 0 Å². The number of carbonyl (C=O) groups excluding carboxylic acids is 1. The van der Waals surface area contributed by atoms with E-state index in [1.54, 1.807) is 0 Å². The van der Waals surface area contributed by atoms with Gasteiger partial charge in [0.2, 0.25) is 5.78 Å². The van der Waals surface area contributed by atoms with Gasteiger partial charge in [0.1, 0.15) is 11.7 Å². The molecule has 108 valence electrons. The topological polar surface area (TPSA) is 39.4 Å². The van der Waals surface area contributed by atoms with Crippen molar-refractivity contribution in [3.8, 4) is 0 Å². The molecule has 2 rings (SSSR count). The third-order valence-electron chi connectivity index (χ3n) is 3.27. The fraction of sp³-hybridized carbons (Fsp3) is 0.471. The lowest BCUT2D eigenvalue weighted by Gasteiger charge is -2.28. The van der Waals surface area contributed by atoms with Gasteiger partial charge < -0.3 is 9.15 Å². The Balaban J connectivity index is 2.38. The molecule has 0 bridgehead atoms. The summed E-state index contributed by atoms with van der Waals surface area (Å²) in [5, 5.41) is 0.956. The third kappa shape index (κ3) is 2.93. The summed E-state index contributed by atoms with van der Waals surface area (Å²) in [6.45, 7) is 10.4. The average Bonchev–Trinajstić information content (AvgIpc) is 2.76. The summed E-state index contributed by atoms with van der Waals surface area (Å²) in [5.41, 5.74) is 1.62. The van der Waals surface area contributed by atoms with Gasteiger partial charge in [0.15, 0.2) is 5.76 Å². The van der Waals surface area contributed by atoms with Crippen molar-refractivity contribution < 1.29 is 13.9 Å². The maximum absolute atomic E-state index is 12.6. The van der Waals surface area contributed by atoms with E-state index in [2.05, 4.69) is 0 Å². The number of rotatable bonds is 4. The second-order valence-electron chi connectivity index (χ2n) is 6.22. The number of hydrogen-bond donors (Lipinski definition) is 0. The minimum absolute atomic E-state index is 0.0896. The van der Waals surface area contributed by atoms with Crippen LogP contribution >= 0.6 is 0 Å². The Kier molecular flexibility index (Phi) is 4.00. The zero-order chi connectivity index (χ0) is 14.9. The van der Waals surface area contributed by atoms with E-state index >= 15 is 0 Å². The lowest BCUT2D eigenvalue weighted by molar-refractivity contribution is -0.00185. The van der Waals surface area contributed by atoms with E-state index < -0.39 is 6.10 Å². The first-order chi connectivity index (χ1) is 9.32. The van der Waals surface area contributed by atoms with E-state index in [4.69, 9.17) is 9.15 Å². The zero-order valence-corrected chi connectivity index (χ0v) is 12.8. The number of fused-ring (bicyclic) bond motifs is 1. The quantitative estimate of drug-likeness (QED) is 0.777. The lowest BCUT2D eigenvalue weighted by atomic mass is 9.85. The summed E-state index contributed by atoms with van der Waals surface area (Å²) in [6.07, 6.45) is -0.492. The number of aryl methyl sites for hydroxylation is 1. The molecule has 3 nitrogen and oxygen atoms in total. The maximum Gasteiger partial charge on any atom is 0.227 e. The van der Waals surface area contributed by atoms with Crippen molar-refractivity contribution in [2.75, 3.05) is 6.61 Å². The standard InChI is InChI=1S/C17H22O3/c1-6-19-16(17(3,4)5)15(18)14-10-12-9-11(2)7-8-13(12)20-14/h7-10,16H,6H2,1-5H3. The van der Waals surface area contributed by atoms with Crippen molar-refractivity contribution >= 4 is 16.8 Å². The van der Waals surface area contributed by atoms with Crippen LogP contribution in [0.2, 0.25) is 0 Å². The van der Waals surface area contributed by atoms with Gasteiger partial charge in [0, 0.05) is 12.0 Å². The second kappa shape index (κ2) is 5.41. The number of Topliss-reactive ketones (excluding diaryl/α,β-unsaturated/α-hetero) is 1. The molecular formula is C17H22O3. The summed E-state index contributed by atoms with van der Waals surface area (Å²) >= 11 is 0. The highest BCUT2D eigenvalue weighted by atomic mass is 16.5. The molecule has 1 aromatic heterocycles. The van der Waals surface area contributed by atoms with E-state index in [-0.39, 0.29) is 11.2 Å². The molecule has 0 saturated heterocycles. The van der Waals surface area contributed by atoms with Crippen molar-refractivity contribution in [3.63, 3.8) is 0 Å². The lowest BCUT2D eigenvalue weighted by Crippen LogP contribution is -2.37. The number of furan rings is 1. The summed E-state index contributed by atoms with van der Waals surface area (Å²) in [4.78, 5) is 12.6. The van der Waals surface area contributed by atoms with E-state index in [1.807, 2.05) is 58.9 Å². The van der Waals surface area contributed by atoms with Crippen molar-refractivity contribution in [2.45, 2.75) is 40.7 Å². The number of carbonyl (C=O) groups is 1. The Hall–Kier alpha value is -1.61. The third-order valence-corrected chi connectivity index (χ3v) is 3.27. The highest BCUT2D eigenvalue weighted by Gasteiger charge is 2.34. The molecular weight excluding hydrogens is 252 g/mol. The van der Waals surface area contributed by atoms with E-state index in [1.165, 1.54) is 0 Å². The normalized spacial score (nSPS) is 13.7. The Morgan fingerprint density at radius 2 is 2.00 bits per heavy atom. The van der Waals surface area contributed by atoms with E-state index in [9.17, 15) is 4.79 Å². The van der Waals surface area contributed by atoms with E-state index in [0.717, 1.165) is 16.5 Å². The molecule has 3 heteroatoms. The van der Waals surface area contributed by atoms with Crippen LogP contribution in [0.3, 0.4) is 0 Å². The fourth-order valence-electron chi connectivity index (χ4n) is 2.30. The molecule has 0 aliphatic rings. The molecule has 0 aliphatic carbocycles. The van der Waals surface area contributed by atoms with Crippen molar-refractivity contribution in [1.29, 1.82) is 0 Å². The summed E-state index contributed by atoms with van der Waals surface area (Å²) < 4.78 is 11.3. The van der Waals surface area contributed by atoms with Gasteiger partial charge in [-0.15, -0.1) is 0 Å². The monoisotopic (exact) mass is 274 g/mol. The zero-order valence-electron chi connectivity index (χ0n) is 12.8. The summed E-state index contributed by atoms with van der Waals surface area (Å²) in [7, 11) is 0. The van der Waals surface area contributed by atoms with Crippen LogP contribution in [-0.4, -0.2) is 18.5 Å². The fourth-order valence-corrected chi connectivity index (χ4v) is 2.30. The van der Waals surface area contributed by atoms with Crippen LogP contribution in [0, 0.1) is 12.3 Å². The first kappa shape index (κ1) is 14.8. The summed E-state index contributed by atoms with van der Waals surface area (Å²) in [5.74, 6) is 0.284. The van der Waals surface area contributed by atoms with Gasteiger partial charge in [-0.05, 0) is 37.5 Å². The Bertz CT molecular complexity index is 617. The average molecular weight is 274 g/mol. The maximum atomic E-state index is 12.6. The van der Waals surface area contributed by atoms with Crippen LogP contribution in [0.1, 0.15) is 43.8 Å². The number of ketones is 1. The first-order valence-electron chi connectivity index (χ1n) is 6.99. The van der Waals surface area contributed by atoms with Crippen LogP contribution in [0.5, 0.6) is 0 Å². The molecule has 1 atom stereocenters. The SMILES string of the molecule is CCOC(C(=O)c1cc2cc(C)ccc2o1)C(C)(C)C. The first-order valence-corrected chi connectivity index (χ1v) is 6.99. The summed E-state index contributed by atoms with van der Waals surface area (Å²) in [6, 6.07) is 7.70. The molecule has 0 radical (unpaired) electrons. The Morgan fingerprint density at radius 1 is 1.30 bits per heavy atom. The van der Waals surface area contributed by atoms with E-state index in [0.29, 0.717) is 12.4 Å². The molecule has 0 spiro atoms. The molecule has 0 amide bonds. The van der Waals surface area contributed by atoms with Gasteiger partial charge in [0.05, 0.1) is 0 Å². The molecule has 0 N–H and O–H groups in total. The van der Waals surface area contributed by atoms with Crippen molar-refractivity contribution in [3.05, 3.63) is 35.6 Å². The van der Waals surface area contributed by atoms with Crippen molar-refractivity contribution in [1.82, 2.24) is 0 Å². The van der Waals surface area contributed by atoms with Crippen LogP contribution in [0.25, 0.3) is 11.0 Å². The molecule has 1 heterocycles. The highest BCUT2D eigenvalue weighted by Crippen LogP contribution is 2.28. The van der Waals surface area contributed by atoms with Gasteiger partial charge in [-0.2, -0.15) is 0 Å². The van der Waals surface area contributed by atoms with Gasteiger partial charge >= 0.3 is 0 Å². The largest absolute Gasteiger partial charge is 0.453 e. The predicted octanol–water partition coefficient (Wildman–Crippen LogP) is 4.38. The molecule has 1 aromatic carbocycles. The molecule has 1 unspecified atom stereocenters. The van der Waals surface area contributed by atoms with Gasteiger partial charge in [0.25, 0.3) is 0 Å². The van der Waals surface area contributed by atoms with Crippen LogP contribution in [0.15, 0.2) is 28.7 Å². The van der Waals surface area contributed by atoms with Gasteiger partial charge in [-0.1, -0.05) is 32.4 Å². The predicted molar refractivity (Wildman–Crippen MR) is 80.2 cm³/mol. The van der Waals surface area contributed by atoms with Gasteiger partial charge in [-0.25, -0.2) is 0 Å². The molecule has 0 aliphatic heterocycles. The second-order valence-corrected chi connectivity index (χ2v) is 6.22. The Morgan fingerprint density at radius 3 is 2.60 bits per heavy atom. The molecule has 2 aromatic rings. The number of hydrogen-bond acceptors (Lipinski definition) is 3. The molecule has 0 fully saturated rings. The highest BCUT2D eigenvalue weighted by molar-refractivity contribution is 6.00.